The van der Waals surface area contributed by atoms with Crippen LogP contribution in [0.5, 0.6) is 0 Å². The predicted molar refractivity (Wildman–Crippen MR) is 116 cm³/mol. The summed E-state index contributed by atoms with van der Waals surface area (Å²) in [6.45, 7) is 1.92. The van der Waals surface area contributed by atoms with Crippen LogP contribution >= 0.6 is 0 Å². The smallest absolute Gasteiger partial charge is 0.255 e. The molecule has 0 aromatic heterocycles. The van der Waals surface area contributed by atoms with Crippen molar-refractivity contribution in [1.29, 1.82) is 0 Å². The lowest BCUT2D eigenvalue weighted by Gasteiger charge is -2.51. The van der Waals surface area contributed by atoms with Crippen LogP contribution in [0.4, 0.5) is 11.4 Å². The maximum absolute atomic E-state index is 13.5. The summed E-state index contributed by atoms with van der Waals surface area (Å²) in [5.41, 5.74) is 2.17. The van der Waals surface area contributed by atoms with Crippen molar-refractivity contribution in [1.82, 2.24) is 0 Å². The van der Waals surface area contributed by atoms with Gasteiger partial charge in [-0.15, -0.1) is 0 Å². The average Bonchev–Trinajstić information content (AvgIpc) is 2.73. The highest BCUT2D eigenvalue weighted by Crippen LogP contribution is 2.43. The number of nitrogens with one attached hydrogen (secondary N) is 1. The molecule has 0 aliphatic carbocycles. The average molecular weight is 382 g/mol. The van der Waals surface area contributed by atoms with Gasteiger partial charge < -0.3 is 5.32 Å². The van der Waals surface area contributed by atoms with E-state index in [1.807, 2.05) is 104 Å². The summed E-state index contributed by atoms with van der Waals surface area (Å²) in [6, 6.07) is 28.5. The lowest BCUT2D eigenvalue weighted by atomic mass is 9.75. The van der Waals surface area contributed by atoms with Gasteiger partial charge in [-0.05, 0) is 42.3 Å². The molecule has 3 aromatic rings. The molecular formula is C25H22N2O2. The summed E-state index contributed by atoms with van der Waals surface area (Å²) in [4.78, 5) is 27.8. The van der Waals surface area contributed by atoms with Gasteiger partial charge in [0.25, 0.3) is 5.91 Å². The van der Waals surface area contributed by atoms with Gasteiger partial charge in [0.05, 0.1) is 6.42 Å². The number of carbonyl (C=O) groups excluding carboxylic acids is 2. The maximum atomic E-state index is 13.5. The molecule has 1 unspecified atom stereocenters. The molecule has 0 radical (unpaired) electrons. The molecule has 0 saturated carbocycles. The van der Waals surface area contributed by atoms with Crippen LogP contribution in [0.2, 0.25) is 0 Å². The third-order valence-corrected chi connectivity index (χ3v) is 5.29. The topological polar surface area (TPSA) is 49.4 Å². The molecule has 4 heteroatoms. The van der Waals surface area contributed by atoms with Gasteiger partial charge >= 0.3 is 0 Å². The third-order valence-electron chi connectivity index (χ3n) is 5.29. The van der Waals surface area contributed by atoms with Crippen molar-refractivity contribution in [2.75, 3.05) is 10.2 Å². The summed E-state index contributed by atoms with van der Waals surface area (Å²) >= 11 is 0. The van der Waals surface area contributed by atoms with Crippen molar-refractivity contribution in [3.05, 3.63) is 102 Å². The van der Waals surface area contributed by atoms with Gasteiger partial charge in [-0.25, -0.2) is 0 Å². The Balaban J connectivity index is 1.78. The molecule has 1 aliphatic heterocycles. The van der Waals surface area contributed by atoms with Crippen LogP contribution in [0.1, 0.15) is 18.9 Å². The summed E-state index contributed by atoms with van der Waals surface area (Å²) in [5.74, 6) is -0.281. The fourth-order valence-electron chi connectivity index (χ4n) is 3.79. The highest BCUT2D eigenvalue weighted by atomic mass is 16.2. The van der Waals surface area contributed by atoms with Crippen LogP contribution in [-0.4, -0.2) is 17.4 Å². The number of rotatable bonds is 5. The Labute approximate surface area is 170 Å². The van der Waals surface area contributed by atoms with Crippen LogP contribution in [0.25, 0.3) is 6.08 Å². The first-order chi connectivity index (χ1) is 14.1. The lowest BCUT2D eigenvalue weighted by molar-refractivity contribution is -0.135. The Kier molecular flexibility index (Phi) is 5.00. The standard InChI is InChI=1S/C25H22N2O2/c1-19(17-20-11-5-2-6-12-20)25(24(29)26-21-13-7-3-8-14-21)18-23(28)27(25)22-15-9-4-10-16-22/h2-17H,18H2,1H3,(H,26,29). The van der Waals surface area contributed by atoms with E-state index in [1.165, 1.54) is 0 Å². The van der Waals surface area contributed by atoms with Gasteiger partial charge in [-0.1, -0.05) is 72.8 Å². The first-order valence-corrected chi connectivity index (χ1v) is 9.60. The van der Waals surface area contributed by atoms with E-state index in [-0.39, 0.29) is 18.2 Å². The van der Waals surface area contributed by atoms with E-state index in [9.17, 15) is 9.59 Å². The fraction of sp³-hybridized carbons (Fsp3) is 0.120. The molecule has 0 bridgehead atoms. The predicted octanol–water partition coefficient (Wildman–Crippen LogP) is 4.90. The van der Waals surface area contributed by atoms with Crippen molar-refractivity contribution in [3.8, 4) is 0 Å². The Hall–Kier alpha value is -3.66. The molecule has 4 rings (SSSR count). The fourth-order valence-corrected chi connectivity index (χ4v) is 3.79. The van der Waals surface area contributed by atoms with Crippen molar-refractivity contribution in [3.63, 3.8) is 0 Å². The van der Waals surface area contributed by atoms with Gasteiger partial charge in [0.1, 0.15) is 0 Å². The minimum Gasteiger partial charge on any atom is -0.324 e. The molecule has 2 amide bonds. The molecule has 1 saturated heterocycles. The highest BCUT2D eigenvalue weighted by molar-refractivity contribution is 6.19. The monoisotopic (exact) mass is 382 g/mol. The number of β-lactam (4-membered cyclic amide) rings is 1. The third kappa shape index (κ3) is 3.45. The van der Waals surface area contributed by atoms with E-state index in [1.54, 1.807) is 4.90 Å². The van der Waals surface area contributed by atoms with E-state index in [4.69, 9.17) is 0 Å². The Morgan fingerprint density at radius 1 is 0.897 bits per heavy atom. The van der Waals surface area contributed by atoms with E-state index in [2.05, 4.69) is 5.32 Å². The van der Waals surface area contributed by atoms with Crippen LogP contribution in [0, 0.1) is 0 Å². The van der Waals surface area contributed by atoms with Crippen molar-refractivity contribution in [2.45, 2.75) is 18.9 Å². The van der Waals surface area contributed by atoms with Crippen LogP contribution in [-0.2, 0) is 9.59 Å². The van der Waals surface area contributed by atoms with Crippen LogP contribution in [0.3, 0.4) is 0 Å². The summed E-state index contributed by atoms with van der Waals surface area (Å²) in [7, 11) is 0. The molecular weight excluding hydrogens is 360 g/mol. The Morgan fingerprint density at radius 2 is 1.45 bits per heavy atom. The van der Waals surface area contributed by atoms with Gasteiger partial charge in [-0.2, -0.15) is 0 Å². The summed E-state index contributed by atoms with van der Waals surface area (Å²) in [6.07, 6.45) is 2.11. The zero-order chi connectivity index (χ0) is 20.3. The Bertz CT molecular complexity index is 1050. The number of nitrogens with zero attached hydrogens (tertiary/aromatic N) is 1. The van der Waals surface area contributed by atoms with Gasteiger partial charge in [0, 0.05) is 11.4 Å². The van der Waals surface area contributed by atoms with Crippen LogP contribution < -0.4 is 10.2 Å². The molecule has 144 valence electrons. The Morgan fingerprint density at radius 3 is 2.03 bits per heavy atom. The zero-order valence-corrected chi connectivity index (χ0v) is 16.2. The van der Waals surface area contributed by atoms with Gasteiger partial charge in [-0.3, -0.25) is 14.5 Å². The van der Waals surface area contributed by atoms with E-state index >= 15 is 0 Å². The molecule has 1 atom stereocenters. The quantitative estimate of drug-likeness (QED) is 0.638. The summed E-state index contributed by atoms with van der Waals surface area (Å²) < 4.78 is 0. The SMILES string of the molecule is CC(=Cc1ccccc1)C1(C(=O)Nc2ccccc2)CC(=O)N1c1ccccc1. The van der Waals surface area contributed by atoms with Gasteiger partial charge in [0.2, 0.25) is 5.91 Å². The first-order valence-electron chi connectivity index (χ1n) is 9.60. The number of anilines is 2. The molecule has 0 spiro atoms. The van der Waals surface area contributed by atoms with E-state index < -0.39 is 5.54 Å². The van der Waals surface area contributed by atoms with Gasteiger partial charge in [0.15, 0.2) is 5.54 Å². The lowest BCUT2D eigenvalue weighted by Crippen LogP contribution is -2.70. The summed E-state index contributed by atoms with van der Waals surface area (Å²) in [5, 5.41) is 3.00. The largest absolute Gasteiger partial charge is 0.324 e. The normalized spacial score (nSPS) is 18.9. The minimum absolute atomic E-state index is 0.0692. The molecule has 1 N–H and O–H groups in total. The molecule has 1 aliphatic rings. The van der Waals surface area contributed by atoms with Crippen molar-refractivity contribution < 1.29 is 9.59 Å². The number of hydrogen-bond donors (Lipinski definition) is 1. The maximum Gasteiger partial charge on any atom is 0.255 e. The molecule has 1 heterocycles. The number of hydrogen-bond acceptors (Lipinski definition) is 2. The molecule has 3 aromatic carbocycles. The van der Waals surface area contributed by atoms with Crippen molar-refractivity contribution in [2.24, 2.45) is 0 Å². The van der Waals surface area contributed by atoms with E-state index in [0.717, 1.165) is 11.1 Å². The molecule has 29 heavy (non-hydrogen) atoms. The van der Waals surface area contributed by atoms with E-state index in [0.29, 0.717) is 11.4 Å². The minimum atomic E-state index is -1.07. The second-order valence-corrected chi connectivity index (χ2v) is 7.16. The second kappa shape index (κ2) is 7.76. The molecule has 4 nitrogen and oxygen atoms in total. The van der Waals surface area contributed by atoms with Crippen LogP contribution in [0.15, 0.2) is 96.6 Å². The number of para-hydroxylation sites is 2. The van der Waals surface area contributed by atoms with Crippen molar-refractivity contribution >= 4 is 29.3 Å². The first kappa shape index (κ1) is 18.7. The highest BCUT2D eigenvalue weighted by Gasteiger charge is 2.58. The second-order valence-electron chi connectivity index (χ2n) is 7.16. The molecule has 1 fully saturated rings. The number of carbonyl (C=O) groups is 2. The number of amides is 2. The number of benzene rings is 3. The zero-order valence-electron chi connectivity index (χ0n) is 16.2.